The van der Waals surface area contributed by atoms with Crippen molar-refractivity contribution in [3.63, 3.8) is 0 Å². The number of nitrogens with one attached hydrogen (secondary N) is 2. The summed E-state index contributed by atoms with van der Waals surface area (Å²) in [6, 6.07) is -0.867. The van der Waals surface area contributed by atoms with E-state index in [0.717, 1.165) is 0 Å². The fourth-order valence-corrected chi connectivity index (χ4v) is 2.99. The molecule has 2 N–H and O–H groups in total. The average molecular weight is 404 g/mol. The van der Waals surface area contributed by atoms with Crippen LogP contribution in [0.2, 0.25) is 0 Å². The van der Waals surface area contributed by atoms with Gasteiger partial charge in [-0.2, -0.15) is 0 Å². The third kappa shape index (κ3) is 5.02. The lowest BCUT2D eigenvalue weighted by atomic mass is 9.99. The predicted octanol–water partition coefficient (Wildman–Crippen LogP) is 4.57. The van der Waals surface area contributed by atoms with E-state index in [1.54, 1.807) is 41.5 Å². The van der Waals surface area contributed by atoms with Gasteiger partial charge in [-0.3, -0.25) is 9.59 Å². The molecule has 1 aromatic carbocycles. The quantitative estimate of drug-likeness (QED) is 0.493. The van der Waals surface area contributed by atoms with Crippen molar-refractivity contribution >= 4 is 11.8 Å². The maximum absolute atomic E-state index is 14.4. The minimum atomic E-state index is -1.89. The zero-order chi connectivity index (χ0) is 21.8. The van der Waals surface area contributed by atoms with Crippen LogP contribution in [-0.2, 0) is 0 Å². The first-order valence-corrected chi connectivity index (χ1v) is 9.45. The van der Waals surface area contributed by atoms with Gasteiger partial charge in [0.2, 0.25) is 0 Å². The second-order valence-corrected chi connectivity index (χ2v) is 7.47. The van der Waals surface area contributed by atoms with Crippen molar-refractivity contribution in [2.75, 3.05) is 0 Å². The molecule has 0 saturated heterocycles. The van der Waals surface area contributed by atoms with Crippen molar-refractivity contribution in [1.29, 1.82) is 0 Å². The molecule has 0 saturated carbocycles. The molecule has 8 heteroatoms. The van der Waals surface area contributed by atoms with Crippen molar-refractivity contribution in [2.24, 2.45) is 11.8 Å². The summed E-state index contributed by atoms with van der Waals surface area (Å²) < 4.78 is 57.7. The third-order valence-corrected chi connectivity index (χ3v) is 4.84. The monoisotopic (exact) mass is 404 g/mol. The van der Waals surface area contributed by atoms with Crippen molar-refractivity contribution in [3.8, 4) is 0 Å². The van der Waals surface area contributed by atoms with Gasteiger partial charge in [-0.25, -0.2) is 17.6 Å². The molecular weight excluding hydrogens is 376 g/mol. The second-order valence-electron chi connectivity index (χ2n) is 7.47. The van der Waals surface area contributed by atoms with Crippen LogP contribution in [0.1, 0.15) is 75.1 Å². The SMILES string of the molecule is CCC(NC(=O)c1c(F)c(F)c(C(=O)NC(CC)C(C)C)c(F)c1F)C(C)C. The van der Waals surface area contributed by atoms with E-state index in [0.29, 0.717) is 12.8 Å². The van der Waals surface area contributed by atoms with Crippen LogP contribution in [0.25, 0.3) is 0 Å². The standard InChI is InChI=1S/C20H28F4N2O2/c1-7-11(9(3)4)25-19(27)13-15(21)17(23)14(18(24)16(13)22)20(28)26-12(8-2)10(5)6/h9-12H,7-8H2,1-6H3,(H,25,27)(H,26,28). The van der Waals surface area contributed by atoms with Crippen LogP contribution in [-0.4, -0.2) is 23.9 Å². The molecule has 2 unspecified atom stereocenters. The average Bonchev–Trinajstić information content (AvgIpc) is 2.62. The van der Waals surface area contributed by atoms with Gasteiger partial charge in [0.05, 0.1) is 0 Å². The van der Waals surface area contributed by atoms with Gasteiger partial charge >= 0.3 is 0 Å². The topological polar surface area (TPSA) is 58.2 Å². The zero-order valence-electron chi connectivity index (χ0n) is 17.1. The molecule has 0 bridgehead atoms. The number of halogens is 4. The van der Waals surface area contributed by atoms with Gasteiger partial charge in [-0.05, 0) is 24.7 Å². The number of carbonyl (C=O) groups excluding carboxylic acids is 2. The molecule has 0 aliphatic rings. The molecule has 2 atom stereocenters. The Morgan fingerprint density at radius 2 is 0.929 bits per heavy atom. The molecule has 158 valence electrons. The van der Waals surface area contributed by atoms with Gasteiger partial charge in [-0.1, -0.05) is 41.5 Å². The summed E-state index contributed by atoms with van der Waals surface area (Å²) in [5, 5.41) is 4.74. The molecule has 0 aliphatic heterocycles. The zero-order valence-corrected chi connectivity index (χ0v) is 17.1. The molecule has 0 radical (unpaired) electrons. The Balaban J connectivity index is 3.35. The molecule has 0 aromatic heterocycles. The molecule has 2 amide bonds. The molecule has 4 nitrogen and oxygen atoms in total. The predicted molar refractivity (Wildman–Crippen MR) is 99.0 cm³/mol. The Labute approximate surface area is 163 Å². The van der Waals surface area contributed by atoms with Crippen molar-refractivity contribution in [2.45, 2.75) is 66.5 Å². The first-order valence-electron chi connectivity index (χ1n) is 9.45. The number of rotatable bonds is 8. The number of benzene rings is 1. The van der Waals surface area contributed by atoms with E-state index in [1.165, 1.54) is 0 Å². The van der Waals surface area contributed by atoms with Gasteiger partial charge < -0.3 is 10.6 Å². The molecular formula is C20H28F4N2O2. The van der Waals surface area contributed by atoms with Crippen molar-refractivity contribution < 1.29 is 27.2 Å². The summed E-state index contributed by atoms with van der Waals surface area (Å²) in [6.07, 6.45) is 0.928. The summed E-state index contributed by atoms with van der Waals surface area (Å²) in [4.78, 5) is 24.5. The smallest absolute Gasteiger partial charge is 0.257 e. The largest absolute Gasteiger partial charge is 0.349 e. The molecule has 28 heavy (non-hydrogen) atoms. The van der Waals surface area contributed by atoms with Gasteiger partial charge in [0.15, 0.2) is 23.3 Å². The first kappa shape index (κ1) is 23.9. The lowest BCUT2D eigenvalue weighted by molar-refractivity contribution is 0.0893. The fourth-order valence-electron chi connectivity index (χ4n) is 2.99. The van der Waals surface area contributed by atoms with Gasteiger partial charge in [0, 0.05) is 12.1 Å². The van der Waals surface area contributed by atoms with E-state index in [2.05, 4.69) is 10.6 Å². The number of amides is 2. The molecule has 1 aromatic rings. The summed E-state index contributed by atoms with van der Waals surface area (Å²) >= 11 is 0. The lowest BCUT2D eigenvalue weighted by Gasteiger charge is -2.22. The summed E-state index contributed by atoms with van der Waals surface area (Å²) in [6.45, 7) is 10.7. The number of hydrogen-bond donors (Lipinski definition) is 2. The van der Waals surface area contributed by atoms with Crippen molar-refractivity contribution in [3.05, 3.63) is 34.4 Å². The number of carbonyl (C=O) groups is 2. The third-order valence-electron chi connectivity index (χ3n) is 4.84. The highest BCUT2D eigenvalue weighted by Crippen LogP contribution is 2.25. The molecule has 0 aliphatic carbocycles. The highest BCUT2D eigenvalue weighted by atomic mass is 19.2. The van der Waals surface area contributed by atoms with Gasteiger partial charge in [-0.15, -0.1) is 0 Å². The Bertz CT molecular complexity index is 645. The summed E-state index contributed by atoms with van der Waals surface area (Å²) in [5.41, 5.74) is -2.75. The van der Waals surface area contributed by atoms with E-state index in [9.17, 15) is 27.2 Å². The van der Waals surface area contributed by atoms with E-state index in [-0.39, 0.29) is 11.8 Å². The molecule has 0 fully saturated rings. The van der Waals surface area contributed by atoms with Gasteiger partial charge in [0.1, 0.15) is 11.1 Å². The Morgan fingerprint density at radius 1 is 0.679 bits per heavy atom. The Kier molecular flexibility index (Phi) is 8.45. The van der Waals surface area contributed by atoms with E-state index < -0.39 is 58.3 Å². The number of hydrogen-bond acceptors (Lipinski definition) is 2. The molecule has 1 rings (SSSR count). The minimum absolute atomic E-state index is 0.0539. The summed E-state index contributed by atoms with van der Waals surface area (Å²) in [5.74, 6) is -10.2. The van der Waals surface area contributed by atoms with Crippen LogP contribution in [0.15, 0.2) is 0 Å². The second kappa shape index (κ2) is 9.89. The molecule has 0 spiro atoms. The van der Waals surface area contributed by atoms with E-state index in [4.69, 9.17) is 0 Å². The van der Waals surface area contributed by atoms with Crippen LogP contribution in [0.5, 0.6) is 0 Å². The highest BCUT2D eigenvalue weighted by Gasteiger charge is 2.33. The van der Waals surface area contributed by atoms with E-state index in [1.807, 2.05) is 0 Å². The summed E-state index contributed by atoms with van der Waals surface area (Å²) in [7, 11) is 0. The Morgan fingerprint density at radius 3 is 1.11 bits per heavy atom. The first-order chi connectivity index (χ1) is 13.0. The normalized spacial score (nSPS) is 13.6. The lowest BCUT2D eigenvalue weighted by Crippen LogP contribution is -2.40. The van der Waals surface area contributed by atoms with Gasteiger partial charge in [0.25, 0.3) is 11.8 Å². The maximum atomic E-state index is 14.4. The van der Waals surface area contributed by atoms with Crippen molar-refractivity contribution in [1.82, 2.24) is 10.6 Å². The van der Waals surface area contributed by atoms with E-state index >= 15 is 0 Å². The van der Waals surface area contributed by atoms with Crippen LogP contribution in [0.4, 0.5) is 17.6 Å². The van der Waals surface area contributed by atoms with Crippen LogP contribution >= 0.6 is 0 Å². The molecule has 0 heterocycles. The van der Waals surface area contributed by atoms with Crippen LogP contribution in [0, 0.1) is 35.1 Å². The maximum Gasteiger partial charge on any atom is 0.257 e. The minimum Gasteiger partial charge on any atom is -0.349 e. The highest BCUT2D eigenvalue weighted by molar-refractivity contribution is 5.99. The Hall–Kier alpha value is -2.12. The fraction of sp³-hybridized carbons (Fsp3) is 0.600. The van der Waals surface area contributed by atoms with Crippen LogP contribution in [0.3, 0.4) is 0 Å². The van der Waals surface area contributed by atoms with Crippen LogP contribution < -0.4 is 10.6 Å².